The third kappa shape index (κ3) is 3.82. The zero-order chi connectivity index (χ0) is 15.4. The van der Waals surface area contributed by atoms with Crippen molar-refractivity contribution in [2.75, 3.05) is 5.32 Å². The third-order valence-corrected chi connectivity index (χ3v) is 3.71. The molecule has 4 nitrogen and oxygen atoms in total. The molecule has 2 aromatic rings. The normalized spacial score (nSPS) is 11.5. The molecule has 1 N–H and O–H groups in total. The number of anilines is 1. The molecule has 2 rings (SSSR count). The molecular formula is C14H8Cl2N2O2S. The van der Waals surface area contributed by atoms with Gasteiger partial charge in [0.1, 0.15) is 0 Å². The second-order valence-corrected chi connectivity index (χ2v) is 5.74. The van der Waals surface area contributed by atoms with Gasteiger partial charge in [-0.05, 0) is 29.6 Å². The van der Waals surface area contributed by atoms with Crippen LogP contribution in [0.15, 0.2) is 35.0 Å². The summed E-state index contributed by atoms with van der Waals surface area (Å²) in [5, 5.41) is 15.5. The lowest BCUT2D eigenvalue weighted by Gasteiger charge is -2.09. The number of nitrogens with zero attached hydrogens (tertiary/aromatic N) is 1. The SMILES string of the molecule is N#C[C@H](C(=O)Nc1cc(Cl)cc(Cl)c1)C(=O)c1ccsc1. The Hall–Kier alpha value is -1.87. The van der Waals surface area contributed by atoms with Crippen molar-refractivity contribution in [2.24, 2.45) is 5.92 Å². The van der Waals surface area contributed by atoms with Crippen LogP contribution in [0.25, 0.3) is 0 Å². The van der Waals surface area contributed by atoms with Crippen LogP contribution >= 0.6 is 34.5 Å². The van der Waals surface area contributed by atoms with Crippen molar-refractivity contribution in [1.29, 1.82) is 5.26 Å². The highest BCUT2D eigenvalue weighted by molar-refractivity contribution is 7.08. The first-order chi connectivity index (χ1) is 10.0. The molecule has 0 bridgehead atoms. The molecule has 7 heteroatoms. The highest BCUT2D eigenvalue weighted by Gasteiger charge is 2.27. The van der Waals surface area contributed by atoms with Crippen molar-refractivity contribution < 1.29 is 9.59 Å². The largest absolute Gasteiger partial charge is 0.324 e. The predicted octanol–water partition coefficient (Wildman–Crippen LogP) is 4.02. The summed E-state index contributed by atoms with van der Waals surface area (Å²) in [7, 11) is 0. The summed E-state index contributed by atoms with van der Waals surface area (Å²) in [6.45, 7) is 0. The number of thiophene rings is 1. The van der Waals surface area contributed by atoms with Gasteiger partial charge in [-0.3, -0.25) is 9.59 Å². The Bertz CT molecular complexity index is 703. The number of rotatable bonds is 4. The van der Waals surface area contributed by atoms with Gasteiger partial charge in [0.2, 0.25) is 5.91 Å². The first-order valence-electron chi connectivity index (χ1n) is 5.74. The summed E-state index contributed by atoms with van der Waals surface area (Å²) in [6.07, 6.45) is 0. The van der Waals surface area contributed by atoms with Gasteiger partial charge >= 0.3 is 0 Å². The van der Waals surface area contributed by atoms with E-state index in [1.807, 2.05) is 0 Å². The summed E-state index contributed by atoms with van der Waals surface area (Å²) in [6, 6.07) is 7.76. The molecule has 1 heterocycles. The van der Waals surface area contributed by atoms with E-state index in [-0.39, 0.29) is 0 Å². The minimum atomic E-state index is -1.42. The number of benzene rings is 1. The maximum absolute atomic E-state index is 12.1. The van der Waals surface area contributed by atoms with Gasteiger partial charge in [-0.15, -0.1) is 0 Å². The van der Waals surface area contributed by atoms with Crippen molar-refractivity contribution in [2.45, 2.75) is 0 Å². The maximum atomic E-state index is 12.1. The molecule has 0 spiro atoms. The number of nitrogens with one attached hydrogen (secondary N) is 1. The van der Waals surface area contributed by atoms with Gasteiger partial charge in [0.15, 0.2) is 11.7 Å². The van der Waals surface area contributed by atoms with Crippen LogP contribution in [0.5, 0.6) is 0 Å². The number of carbonyl (C=O) groups is 2. The summed E-state index contributed by atoms with van der Waals surface area (Å²) in [5.41, 5.74) is 0.668. The van der Waals surface area contributed by atoms with Crippen LogP contribution in [0.1, 0.15) is 10.4 Å². The topological polar surface area (TPSA) is 70.0 Å². The van der Waals surface area contributed by atoms with Gasteiger partial charge in [0.25, 0.3) is 0 Å². The molecule has 0 unspecified atom stereocenters. The van der Waals surface area contributed by atoms with Crippen LogP contribution in [-0.4, -0.2) is 11.7 Å². The van der Waals surface area contributed by atoms with E-state index in [0.29, 0.717) is 21.3 Å². The van der Waals surface area contributed by atoms with E-state index in [1.54, 1.807) is 22.9 Å². The number of Topliss-reactive ketones (excluding diaryl/α,β-unsaturated/α-hetero) is 1. The summed E-state index contributed by atoms with van der Waals surface area (Å²) in [4.78, 5) is 24.1. The second kappa shape index (κ2) is 6.72. The second-order valence-electron chi connectivity index (χ2n) is 4.09. The van der Waals surface area contributed by atoms with Crippen LogP contribution in [0, 0.1) is 17.2 Å². The van der Waals surface area contributed by atoms with Crippen molar-refractivity contribution in [3.63, 3.8) is 0 Å². The molecule has 0 fully saturated rings. The lowest BCUT2D eigenvalue weighted by atomic mass is 10.0. The van der Waals surface area contributed by atoms with Crippen LogP contribution in [-0.2, 0) is 4.79 Å². The monoisotopic (exact) mass is 338 g/mol. The highest BCUT2D eigenvalue weighted by Crippen LogP contribution is 2.23. The van der Waals surface area contributed by atoms with Crippen molar-refractivity contribution >= 4 is 51.9 Å². The summed E-state index contributed by atoms with van der Waals surface area (Å²) >= 11 is 13.0. The van der Waals surface area contributed by atoms with Gasteiger partial charge in [-0.25, -0.2) is 0 Å². The van der Waals surface area contributed by atoms with E-state index in [0.717, 1.165) is 0 Å². The molecule has 0 aliphatic heterocycles. The average molecular weight is 339 g/mol. The zero-order valence-electron chi connectivity index (χ0n) is 10.5. The van der Waals surface area contributed by atoms with Gasteiger partial charge < -0.3 is 5.32 Å². The zero-order valence-corrected chi connectivity index (χ0v) is 12.8. The van der Waals surface area contributed by atoms with E-state index < -0.39 is 17.6 Å². The Morgan fingerprint density at radius 3 is 2.43 bits per heavy atom. The Balaban J connectivity index is 2.18. The average Bonchev–Trinajstić information content (AvgIpc) is 2.91. The molecule has 0 saturated carbocycles. The molecular weight excluding hydrogens is 331 g/mol. The Kier molecular flexibility index (Phi) is 4.97. The van der Waals surface area contributed by atoms with Crippen molar-refractivity contribution in [1.82, 2.24) is 0 Å². The fourth-order valence-corrected chi connectivity index (χ4v) is 2.82. The molecule has 0 aliphatic carbocycles. The number of amides is 1. The molecule has 0 saturated heterocycles. The van der Waals surface area contributed by atoms with Gasteiger partial charge in [-0.1, -0.05) is 23.2 Å². The molecule has 0 aliphatic rings. The lowest BCUT2D eigenvalue weighted by Crippen LogP contribution is -2.28. The van der Waals surface area contributed by atoms with Gasteiger partial charge in [0, 0.05) is 26.7 Å². The van der Waals surface area contributed by atoms with Crippen LogP contribution in [0.4, 0.5) is 5.69 Å². The van der Waals surface area contributed by atoms with Gasteiger partial charge in [-0.2, -0.15) is 16.6 Å². The summed E-state index contributed by atoms with van der Waals surface area (Å²) in [5.74, 6) is -2.67. The van der Waals surface area contributed by atoms with Crippen LogP contribution < -0.4 is 5.32 Å². The first-order valence-corrected chi connectivity index (χ1v) is 7.44. The highest BCUT2D eigenvalue weighted by atomic mass is 35.5. The standard InChI is InChI=1S/C14H8Cl2N2O2S/c15-9-3-10(16)5-11(4-9)18-14(20)12(6-17)13(19)8-1-2-21-7-8/h1-5,7,12H,(H,18,20)/t12-/m0/s1. The van der Waals surface area contributed by atoms with E-state index in [2.05, 4.69) is 5.32 Å². The lowest BCUT2D eigenvalue weighted by molar-refractivity contribution is -0.117. The third-order valence-electron chi connectivity index (χ3n) is 2.59. The van der Waals surface area contributed by atoms with E-state index in [9.17, 15) is 9.59 Å². The first kappa shape index (κ1) is 15.5. The molecule has 106 valence electrons. The number of nitriles is 1. The quantitative estimate of drug-likeness (QED) is 0.676. The van der Waals surface area contributed by atoms with Gasteiger partial charge in [0.05, 0.1) is 6.07 Å². The molecule has 0 radical (unpaired) electrons. The van der Waals surface area contributed by atoms with E-state index >= 15 is 0 Å². The van der Waals surface area contributed by atoms with Crippen LogP contribution in [0.2, 0.25) is 10.0 Å². The number of carbonyl (C=O) groups excluding carboxylic acids is 2. The maximum Gasteiger partial charge on any atom is 0.249 e. The van der Waals surface area contributed by atoms with Crippen LogP contribution in [0.3, 0.4) is 0 Å². The smallest absolute Gasteiger partial charge is 0.249 e. The fraction of sp³-hybridized carbons (Fsp3) is 0.0714. The Morgan fingerprint density at radius 2 is 1.90 bits per heavy atom. The van der Waals surface area contributed by atoms with E-state index in [1.165, 1.54) is 29.5 Å². The number of ketones is 1. The molecule has 1 amide bonds. The van der Waals surface area contributed by atoms with Crippen molar-refractivity contribution in [3.8, 4) is 6.07 Å². The molecule has 21 heavy (non-hydrogen) atoms. The Morgan fingerprint density at radius 1 is 1.24 bits per heavy atom. The number of hydrogen-bond donors (Lipinski definition) is 1. The molecule has 1 aromatic carbocycles. The molecule has 1 aromatic heterocycles. The predicted molar refractivity (Wildman–Crippen MR) is 82.8 cm³/mol. The fourth-order valence-electron chi connectivity index (χ4n) is 1.65. The number of halogens is 2. The number of hydrogen-bond acceptors (Lipinski definition) is 4. The Labute approximate surface area is 134 Å². The summed E-state index contributed by atoms with van der Waals surface area (Å²) < 4.78 is 0. The minimum Gasteiger partial charge on any atom is -0.324 e. The van der Waals surface area contributed by atoms with Crippen molar-refractivity contribution in [3.05, 3.63) is 50.6 Å². The minimum absolute atomic E-state index is 0.330. The molecule has 1 atom stereocenters. The van der Waals surface area contributed by atoms with E-state index in [4.69, 9.17) is 28.5 Å².